The van der Waals surface area contributed by atoms with Gasteiger partial charge in [0.1, 0.15) is 5.82 Å². The fourth-order valence-corrected chi connectivity index (χ4v) is 3.08. The van der Waals surface area contributed by atoms with E-state index in [2.05, 4.69) is 43.8 Å². The van der Waals surface area contributed by atoms with Gasteiger partial charge in [0.05, 0.1) is 6.04 Å². The molecule has 2 rings (SSSR count). The van der Waals surface area contributed by atoms with Crippen molar-refractivity contribution >= 4 is 38.5 Å². The molecule has 1 nitrogen and oxygen atoms in total. The molecule has 0 aromatic heterocycles. The molecule has 0 fully saturated rings. The Morgan fingerprint density at radius 3 is 2.38 bits per heavy atom. The Morgan fingerprint density at radius 2 is 1.71 bits per heavy atom. The lowest BCUT2D eigenvalue weighted by molar-refractivity contribution is 0.481. The van der Waals surface area contributed by atoms with Gasteiger partial charge in [0.2, 0.25) is 0 Å². The Labute approximate surface area is 143 Å². The largest absolute Gasteiger partial charge is 0.306 e. The number of hydrogen-bond donors (Lipinski definition) is 1. The highest BCUT2D eigenvalue weighted by Crippen LogP contribution is 2.32. The van der Waals surface area contributed by atoms with E-state index in [1.165, 1.54) is 0 Å². The molecule has 1 unspecified atom stereocenters. The van der Waals surface area contributed by atoms with Crippen LogP contribution in [0.4, 0.5) is 13.2 Å². The molecular weight excluding hydrogens is 458 g/mol. The zero-order valence-electron chi connectivity index (χ0n) is 11.1. The zero-order valence-corrected chi connectivity index (χ0v) is 14.8. The highest BCUT2D eigenvalue weighted by Gasteiger charge is 2.22. The van der Waals surface area contributed by atoms with Crippen LogP contribution >= 0.6 is 38.5 Å². The summed E-state index contributed by atoms with van der Waals surface area (Å²) < 4.78 is 42.4. The van der Waals surface area contributed by atoms with Gasteiger partial charge in [-0.3, -0.25) is 0 Å². The van der Waals surface area contributed by atoms with Crippen LogP contribution in [0.15, 0.2) is 34.8 Å². The van der Waals surface area contributed by atoms with Crippen LogP contribution in [0, 0.1) is 21.0 Å². The Hall–Kier alpha value is -0.600. The number of benzene rings is 2. The van der Waals surface area contributed by atoms with E-state index in [1.54, 1.807) is 0 Å². The van der Waals surface area contributed by atoms with Crippen molar-refractivity contribution < 1.29 is 13.2 Å². The number of hydrogen-bond acceptors (Lipinski definition) is 1. The Kier molecular flexibility index (Phi) is 5.67. The van der Waals surface area contributed by atoms with Crippen molar-refractivity contribution in [3.05, 3.63) is 67.0 Å². The maximum absolute atomic E-state index is 14.1. The van der Waals surface area contributed by atoms with Gasteiger partial charge in [-0.2, -0.15) is 0 Å². The number of nitrogens with one attached hydrogen (secondary N) is 1. The van der Waals surface area contributed by atoms with E-state index in [0.717, 1.165) is 19.7 Å². The molecule has 0 bridgehead atoms. The Morgan fingerprint density at radius 1 is 1.05 bits per heavy atom. The van der Waals surface area contributed by atoms with Gasteiger partial charge >= 0.3 is 0 Å². The predicted molar refractivity (Wildman–Crippen MR) is 88.7 cm³/mol. The first-order valence-corrected chi connectivity index (χ1v) is 8.14. The molecule has 1 N–H and O–H groups in total. The molecule has 0 heterocycles. The van der Waals surface area contributed by atoms with E-state index in [4.69, 9.17) is 0 Å². The molecule has 0 radical (unpaired) electrons. The molecule has 2 aromatic carbocycles. The fourth-order valence-electron chi connectivity index (χ4n) is 2.09. The van der Waals surface area contributed by atoms with Crippen LogP contribution in [0.25, 0.3) is 0 Å². The average molecular weight is 470 g/mol. The molecule has 0 aliphatic rings. The molecule has 0 saturated heterocycles. The molecule has 0 spiro atoms. The second-order valence-corrected chi connectivity index (χ2v) is 6.54. The third-order valence-corrected chi connectivity index (χ3v) is 4.42. The maximum atomic E-state index is 14.1. The first kappa shape index (κ1) is 16.8. The zero-order chi connectivity index (χ0) is 15.6. The summed E-state index contributed by atoms with van der Waals surface area (Å²) in [6, 6.07) is 6.55. The van der Waals surface area contributed by atoms with Crippen molar-refractivity contribution in [1.29, 1.82) is 0 Å². The first-order chi connectivity index (χ1) is 9.93. The monoisotopic (exact) mass is 469 g/mol. The Balaban J connectivity index is 2.58. The molecule has 1 atom stereocenters. The van der Waals surface area contributed by atoms with Crippen LogP contribution in [0.1, 0.15) is 24.1 Å². The highest BCUT2D eigenvalue weighted by molar-refractivity contribution is 14.1. The maximum Gasteiger partial charge on any atom is 0.161 e. The van der Waals surface area contributed by atoms with E-state index in [9.17, 15) is 13.2 Å². The summed E-state index contributed by atoms with van der Waals surface area (Å²) in [6.07, 6.45) is 0. The van der Waals surface area contributed by atoms with E-state index in [-0.39, 0.29) is 5.56 Å². The van der Waals surface area contributed by atoms with Gasteiger partial charge in [0.25, 0.3) is 0 Å². The van der Waals surface area contributed by atoms with Crippen molar-refractivity contribution in [3.63, 3.8) is 0 Å². The molecule has 21 heavy (non-hydrogen) atoms. The number of rotatable bonds is 4. The van der Waals surface area contributed by atoms with E-state index < -0.39 is 23.5 Å². The molecule has 112 valence electrons. The second kappa shape index (κ2) is 7.11. The van der Waals surface area contributed by atoms with Gasteiger partial charge < -0.3 is 5.32 Å². The molecule has 0 amide bonds. The number of halogens is 5. The van der Waals surface area contributed by atoms with Crippen LogP contribution in [0.3, 0.4) is 0 Å². The van der Waals surface area contributed by atoms with Gasteiger partial charge in [-0.05, 0) is 59.0 Å². The second-order valence-electron chi connectivity index (χ2n) is 4.44. The molecule has 0 saturated carbocycles. The standard InChI is InChI=1S/C15H12BrF3IN/c1-2-21-15(9-5-8(20)3-4-11(9)16)10-6-13(18)14(19)7-12(10)17/h3-7,15,21H,2H2,1H3. The summed E-state index contributed by atoms with van der Waals surface area (Å²) in [5.74, 6) is -3.02. The third kappa shape index (κ3) is 3.78. The minimum Gasteiger partial charge on any atom is -0.306 e. The van der Waals surface area contributed by atoms with E-state index in [1.807, 2.05) is 25.1 Å². The van der Waals surface area contributed by atoms with Gasteiger partial charge in [0.15, 0.2) is 11.6 Å². The van der Waals surface area contributed by atoms with Crippen molar-refractivity contribution in [3.8, 4) is 0 Å². The van der Waals surface area contributed by atoms with Crippen molar-refractivity contribution in [2.45, 2.75) is 13.0 Å². The topological polar surface area (TPSA) is 12.0 Å². The van der Waals surface area contributed by atoms with Gasteiger partial charge in [-0.1, -0.05) is 22.9 Å². The Bertz CT molecular complexity index is 664. The SMILES string of the molecule is CCNC(c1cc(F)c(F)cc1F)c1cc(I)ccc1Br. The van der Waals surface area contributed by atoms with E-state index >= 15 is 0 Å². The lowest BCUT2D eigenvalue weighted by atomic mass is 9.98. The molecule has 6 heteroatoms. The molecular formula is C15H12BrF3IN. The minimum atomic E-state index is -1.19. The average Bonchev–Trinajstić information content (AvgIpc) is 2.43. The summed E-state index contributed by atoms with van der Waals surface area (Å²) in [5.41, 5.74) is 0.854. The van der Waals surface area contributed by atoms with Gasteiger partial charge in [-0.25, -0.2) is 13.2 Å². The van der Waals surface area contributed by atoms with Gasteiger partial charge in [-0.15, -0.1) is 0 Å². The lowest BCUT2D eigenvalue weighted by Gasteiger charge is -2.21. The van der Waals surface area contributed by atoms with Crippen LogP contribution in [0.2, 0.25) is 0 Å². The predicted octanol–water partition coefficient (Wildman–Crippen LogP) is 5.17. The fraction of sp³-hybridized carbons (Fsp3) is 0.200. The van der Waals surface area contributed by atoms with Crippen LogP contribution < -0.4 is 5.32 Å². The van der Waals surface area contributed by atoms with Crippen molar-refractivity contribution in [2.75, 3.05) is 6.54 Å². The normalized spacial score (nSPS) is 12.5. The van der Waals surface area contributed by atoms with E-state index in [0.29, 0.717) is 12.6 Å². The summed E-state index contributed by atoms with van der Waals surface area (Å²) in [5, 5.41) is 3.11. The van der Waals surface area contributed by atoms with Crippen LogP contribution in [-0.4, -0.2) is 6.54 Å². The minimum absolute atomic E-state index is 0.0819. The first-order valence-electron chi connectivity index (χ1n) is 6.26. The van der Waals surface area contributed by atoms with Crippen LogP contribution in [0.5, 0.6) is 0 Å². The van der Waals surface area contributed by atoms with Crippen molar-refractivity contribution in [2.24, 2.45) is 0 Å². The third-order valence-electron chi connectivity index (χ3n) is 3.03. The molecule has 2 aromatic rings. The highest BCUT2D eigenvalue weighted by atomic mass is 127. The summed E-state index contributed by atoms with van der Waals surface area (Å²) in [6.45, 7) is 2.42. The molecule has 0 aliphatic carbocycles. The quantitative estimate of drug-likeness (QED) is 0.481. The van der Waals surface area contributed by atoms with Crippen LogP contribution in [-0.2, 0) is 0 Å². The van der Waals surface area contributed by atoms with Gasteiger partial charge in [0, 0.05) is 19.7 Å². The lowest BCUT2D eigenvalue weighted by Crippen LogP contribution is -2.24. The summed E-state index contributed by atoms with van der Waals surface area (Å²) >= 11 is 5.57. The summed E-state index contributed by atoms with van der Waals surface area (Å²) in [7, 11) is 0. The smallest absolute Gasteiger partial charge is 0.161 e. The van der Waals surface area contributed by atoms with Crippen molar-refractivity contribution in [1.82, 2.24) is 5.32 Å². The molecule has 0 aliphatic heterocycles. The summed E-state index contributed by atoms with van der Waals surface area (Å²) in [4.78, 5) is 0.